The third-order valence-electron chi connectivity index (χ3n) is 4.65. The number of hydrogen-bond donors (Lipinski definition) is 2. The lowest BCUT2D eigenvalue weighted by Gasteiger charge is -2.17. The molecule has 0 radical (unpaired) electrons. The van der Waals surface area contributed by atoms with Gasteiger partial charge in [-0.3, -0.25) is 4.79 Å². The zero-order valence-electron chi connectivity index (χ0n) is 17.3. The number of ether oxygens (including phenoxy) is 2. The van der Waals surface area contributed by atoms with Gasteiger partial charge in [0.05, 0.1) is 12.7 Å². The smallest absolute Gasteiger partial charge is 0.338 e. The number of fused-ring (bicyclic) bond motifs is 1. The summed E-state index contributed by atoms with van der Waals surface area (Å²) >= 11 is 0. The summed E-state index contributed by atoms with van der Waals surface area (Å²) in [4.78, 5) is 37.0. The molecule has 0 unspecified atom stereocenters. The van der Waals surface area contributed by atoms with E-state index in [2.05, 4.69) is 5.32 Å². The lowest BCUT2D eigenvalue weighted by atomic mass is 10.1. The van der Waals surface area contributed by atoms with Crippen molar-refractivity contribution in [3.05, 3.63) is 71.8 Å². The van der Waals surface area contributed by atoms with Crippen LogP contribution in [0.4, 0.5) is 10.5 Å². The number of esters is 1. The molecule has 8 nitrogen and oxygen atoms in total. The second-order valence-electron chi connectivity index (χ2n) is 6.94. The Kier molecular flexibility index (Phi) is 6.71. The molecule has 0 saturated carbocycles. The zero-order valence-corrected chi connectivity index (χ0v) is 17.3. The summed E-state index contributed by atoms with van der Waals surface area (Å²) in [6.45, 7) is -0.0239. The van der Waals surface area contributed by atoms with Gasteiger partial charge in [0.2, 0.25) is 0 Å². The Morgan fingerprint density at radius 1 is 1.00 bits per heavy atom. The first kappa shape index (κ1) is 21.6. The molecule has 0 aromatic heterocycles. The molecule has 0 fully saturated rings. The molecule has 8 heteroatoms. The van der Waals surface area contributed by atoms with Gasteiger partial charge in [-0.25, -0.2) is 9.59 Å². The number of carbonyl (C=O) groups excluding carboxylic acids is 3. The zero-order chi connectivity index (χ0) is 22.4. The summed E-state index contributed by atoms with van der Waals surface area (Å²) in [5.41, 5.74) is 6.58. The van der Waals surface area contributed by atoms with Gasteiger partial charge >= 0.3 is 12.0 Å². The van der Waals surface area contributed by atoms with Crippen molar-refractivity contribution in [3.63, 3.8) is 0 Å². The van der Waals surface area contributed by atoms with Gasteiger partial charge in [0.1, 0.15) is 5.75 Å². The van der Waals surface area contributed by atoms with Gasteiger partial charge in [0.25, 0.3) is 5.91 Å². The van der Waals surface area contributed by atoms with Gasteiger partial charge in [0, 0.05) is 19.3 Å². The Balaban J connectivity index is 1.57. The Hall–Kier alpha value is -4.07. The number of nitrogens with one attached hydrogen (secondary N) is 1. The number of nitrogens with two attached hydrogens (primary N) is 1. The van der Waals surface area contributed by atoms with E-state index in [4.69, 9.17) is 15.2 Å². The number of rotatable bonds is 7. The minimum Gasteiger partial charge on any atom is -0.497 e. The average Bonchev–Trinajstić information content (AvgIpc) is 2.76. The molecule has 0 aliphatic carbocycles. The minimum absolute atomic E-state index is 0.201. The molecule has 0 heterocycles. The molecule has 0 atom stereocenters. The van der Waals surface area contributed by atoms with E-state index in [9.17, 15) is 14.4 Å². The van der Waals surface area contributed by atoms with E-state index in [1.54, 1.807) is 26.3 Å². The number of primary amides is 1. The molecule has 3 aromatic carbocycles. The number of amides is 3. The highest BCUT2D eigenvalue weighted by molar-refractivity contribution is 5.94. The molecule has 0 bridgehead atoms. The van der Waals surface area contributed by atoms with Crippen LogP contribution in [0.15, 0.2) is 60.7 Å². The molecule has 0 aliphatic heterocycles. The number of carbonyl (C=O) groups is 3. The second-order valence-corrected chi connectivity index (χ2v) is 6.94. The van der Waals surface area contributed by atoms with Gasteiger partial charge in [-0.1, -0.05) is 24.3 Å². The molecular formula is C23H23N3O5. The van der Waals surface area contributed by atoms with Crippen molar-refractivity contribution < 1.29 is 23.9 Å². The van der Waals surface area contributed by atoms with E-state index < -0.39 is 18.6 Å². The van der Waals surface area contributed by atoms with Crippen LogP contribution in [0, 0.1) is 0 Å². The number of anilines is 1. The Morgan fingerprint density at radius 3 is 2.48 bits per heavy atom. The van der Waals surface area contributed by atoms with E-state index in [0.29, 0.717) is 12.2 Å². The minimum atomic E-state index is -0.741. The maximum absolute atomic E-state index is 12.4. The topological polar surface area (TPSA) is 111 Å². The first-order valence-corrected chi connectivity index (χ1v) is 9.50. The monoisotopic (exact) mass is 421 g/mol. The van der Waals surface area contributed by atoms with Crippen LogP contribution < -0.4 is 15.8 Å². The molecule has 0 spiro atoms. The van der Waals surface area contributed by atoms with Crippen molar-refractivity contribution >= 4 is 34.4 Å². The van der Waals surface area contributed by atoms with E-state index in [0.717, 1.165) is 22.1 Å². The number of urea groups is 1. The highest BCUT2D eigenvalue weighted by Crippen LogP contribution is 2.22. The van der Waals surface area contributed by atoms with Gasteiger partial charge in [-0.2, -0.15) is 0 Å². The second kappa shape index (κ2) is 9.62. The Labute approximate surface area is 179 Å². The van der Waals surface area contributed by atoms with E-state index in [-0.39, 0.29) is 11.5 Å². The highest BCUT2D eigenvalue weighted by Gasteiger charge is 2.15. The molecule has 3 N–H and O–H groups in total. The van der Waals surface area contributed by atoms with Crippen molar-refractivity contribution in [1.29, 1.82) is 0 Å². The fourth-order valence-electron chi connectivity index (χ4n) is 3.05. The van der Waals surface area contributed by atoms with E-state index in [1.165, 1.54) is 17.0 Å². The summed E-state index contributed by atoms with van der Waals surface area (Å²) in [7, 11) is 3.27. The number of likely N-dealkylation sites (N-methyl/N-ethyl adjacent to an activating group) is 1. The fourth-order valence-corrected chi connectivity index (χ4v) is 3.05. The van der Waals surface area contributed by atoms with Crippen LogP contribution in [0.3, 0.4) is 0 Å². The van der Waals surface area contributed by atoms with Crippen LogP contribution in [0.25, 0.3) is 10.8 Å². The maximum Gasteiger partial charge on any atom is 0.338 e. The summed E-state index contributed by atoms with van der Waals surface area (Å²) in [6.07, 6.45) is 0. The molecule has 3 amide bonds. The maximum atomic E-state index is 12.4. The van der Waals surface area contributed by atoms with E-state index in [1.807, 2.05) is 36.4 Å². The normalized spacial score (nSPS) is 10.4. The highest BCUT2D eigenvalue weighted by atomic mass is 16.5. The first-order chi connectivity index (χ1) is 14.9. The average molecular weight is 421 g/mol. The molecule has 0 aliphatic rings. The molecule has 31 heavy (non-hydrogen) atoms. The third-order valence-corrected chi connectivity index (χ3v) is 4.65. The molecule has 3 rings (SSSR count). The van der Waals surface area contributed by atoms with E-state index >= 15 is 0 Å². The van der Waals surface area contributed by atoms with Crippen LogP contribution in [0.1, 0.15) is 15.9 Å². The van der Waals surface area contributed by atoms with Crippen molar-refractivity contribution in [2.75, 3.05) is 26.1 Å². The standard InChI is InChI=1S/C23H23N3O5/c1-26(13-15-6-7-17-12-20(30-2)9-8-16(17)10-15)21(27)14-31-22(28)18-4-3-5-19(11-18)25-23(24)29/h3-12H,13-14H2,1-2H3,(H3,24,25,29). The first-order valence-electron chi connectivity index (χ1n) is 9.50. The van der Waals surface area contributed by atoms with Gasteiger partial charge in [-0.15, -0.1) is 0 Å². The molecular weight excluding hydrogens is 398 g/mol. The number of methoxy groups -OCH3 is 1. The van der Waals surface area contributed by atoms with Crippen LogP contribution in [-0.4, -0.2) is 43.6 Å². The number of hydrogen-bond acceptors (Lipinski definition) is 5. The van der Waals surface area contributed by atoms with Gasteiger partial charge < -0.3 is 25.4 Å². The van der Waals surface area contributed by atoms with Gasteiger partial charge in [-0.05, 0) is 52.7 Å². The van der Waals surface area contributed by atoms with Gasteiger partial charge in [0.15, 0.2) is 6.61 Å². The molecule has 160 valence electrons. The van der Waals surface area contributed by atoms with Crippen LogP contribution in [0.2, 0.25) is 0 Å². The quantitative estimate of drug-likeness (QED) is 0.570. The van der Waals surface area contributed by atoms with Crippen LogP contribution in [-0.2, 0) is 16.1 Å². The molecule has 3 aromatic rings. The van der Waals surface area contributed by atoms with Crippen molar-refractivity contribution in [1.82, 2.24) is 4.90 Å². The summed E-state index contributed by atoms with van der Waals surface area (Å²) in [6, 6.07) is 17.1. The molecule has 0 saturated heterocycles. The Bertz CT molecular complexity index is 1130. The van der Waals surface area contributed by atoms with Crippen LogP contribution >= 0.6 is 0 Å². The predicted molar refractivity (Wildman–Crippen MR) is 117 cm³/mol. The largest absolute Gasteiger partial charge is 0.497 e. The number of benzene rings is 3. The SMILES string of the molecule is COc1ccc2cc(CN(C)C(=O)COC(=O)c3cccc(NC(N)=O)c3)ccc2c1. The summed E-state index contributed by atoms with van der Waals surface area (Å²) in [5, 5.41) is 4.46. The lowest BCUT2D eigenvalue weighted by Crippen LogP contribution is -2.30. The van der Waals surface area contributed by atoms with Crippen molar-refractivity contribution in [2.24, 2.45) is 5.73 Å². The van der Waals surface area contributed by atoms with Crippen molar-refractivity contribution in [3.8, 4) is 5.75 Å². The Morgan fingerprint density at radius 2 is 1.74 bits per heavy atom. The summed E-state index contributed by atoms with van der Waals surface area (Å²) in [5.74, 6) is -0.227. The summed E-state index contributed by atoms with van der Waals surface area (Å²) < 4.78 is 10.3. The van der Waals surface area contributed by atoms with Crippen LogP contribution in [0.5, 0.6) is 5.75 Å². The third kappa shape index (κ3) is 5.72. The van der Waals surface area contributed by atoms with Crippen molar-refractivity contribution in [2.45, 2.75) is 6.54 Å². The fraction of sp³-hybridized carbons (Fsp3) is 0.174. The predicted octanol–water partition coefficient (Wildman–Crippen LogP) is 3.15. The lowest BCUT2D eigenvalue weighted by molar-refractivity contribution is -0.133. The number of nitrogens with zero attached hydrogens (tertiary/aromatic N) is 1.